The van der Waals surface area contributed by atoms with Crippen LogP contribution in [0, 0.1) is 12.5 Å². The fourth-order valence-electron chi connectivity index (χ4n) is 4.61. The molecule has 4 unspecified atom stereocenters. The zero-order chi connectivity index (χ0) is 23.0. The minimum atomic E-state index is -0.879. The van der Waals surface area contributed by atoms with Crippen LogP contribution in [0.1, 0.15) is 23.3 Å². The largest absolute Gasteiger partial charge is 0.502 e. The highest BCUT2D eigenvalue weighted by atomic mass is 16.5. The predicted octanol–water partition coefficient (Wildman–Crippen LogP) is 3.29. The average Bonchev–Trinajstić information content (AvgIpc) is 3.37. The molecule has 0 spiro atoms. The second-order valence-electron chi connectivity index (χ2n) is 7.72. The molecule has 0 bridgehead atoms. The average molecular weight is 444 g/mol. The lowest BCUT2D eigenvalue weighted by molar-refractivity contribution is 0.0187. The molecule has 2 aromatic carbocycles. The molecular weight excluding hydrogens is 418 g/mol. The van der Waals surface area contributed by atoms with Gasteiger partial charge in [-0.15, -0.1) is 0 Å². The number of ether oxygens (including phenoxy) is 6. The van der Waals surface area contributed by atoms with Crippen LogP contribution in [0.15, 0.2) is 24.3 Å². The lowest BCUT2D eigenvalue weighted by Gasteiger charge is -2.20. The summed E-state index contributed by atoms with van der Waals surface area (Å²) < 4.78 is 33.5. The highest BCUT2D eigenvalue weighted by molar-refractivity contribution is 5.55. The molecular formula is C23H26NO8+. The molecule has 170 valence electrons. The van der Waals surface area contributed by atoms with Gasteiger partial charge in [0.05, 0.1) is 41.2 Å². The Labute approximate surface area is 185 Å². The third-order valence-corrected chi connectivity index (χ3v) is 6.27. The predicted molar refractivity (Wildman–Crippen MR) is 114 cm³/mol. The van der Waals surface area contributed by atoms with E-state index >= 15 is 0 Å². The van der Waals surface area contributed by atoms with Crippen LogP contribution in [0.5, 0.6) is 34.5 Å². The van der Waals surface area contributed by atoms with Gasteiger partial charge in [-0.3, -0.25) is 0 Å². The minimum absolute atomic E-state index is 0.0876. The van der Waals surface area contributed by atoms with Crippen molar-refractivity contribution in [1.29, 1.82) is 0 Å². The van der Waals surface area contributed by atoms with Crippen LogP contribution in [-0.2, 0) is 9.47 Å². The summed E-state index contributed by atoms with van der Waals surface area (Å²) in [7, 11) is 5.85. The lowest BCUT2D eigenvalue weighted by atomic mass is 9.78. The fourth-order valence-corrected chi connectivity index (χ4v) is 4.61. The molecule has 2 aliphatic heterocycles. The van der Waals surface area contributed by atoms with Gasteiger partial charge >= 0.3 is 5.54 Å². The highest BCUT2D eigenvalue weighted by Gasteiger charge is 2.69. The molecule has 2 saturated heterocycles. The third kappa shape index (κ3) is 3.15. The van der Waals surface area contributed by atoms with E-state index in [0.29, 0.717) is 12.2 Å². The number of benzene rings is 2. The standard InChI is InChI=1S/C23H25NO8/c1-24-23-11-32-21(12-6-15(27-2)19(25)16(7-12)28-3)14(23)10-31-22(23)13-8-17(29-4)20(26)18(9-13)30-5/h1,6-9,14,21-22H,10-11H2,2-5H3,(H-,25,26)/p+1. The molecule has 32 heavy (non-hydrogen) atoms. The van der Waals surface area contributed by atoms with Crippen molar-refractivity contribution in [3.05, 3.63) is 40.2 Å². The van der Waals surface area contributed by atoms with Crippen LogP contribution in [0.2, 0.25) is 0 Å². The van der Waals surface area contributed by atoms with Gasteiger partial charge in [-0.05, 0) is 35.4 Å². The van der Waals surface area contributed by atoms with E-state index in [1.807, 2.05) is 0 Å². The maximum atomic E-state index is 10.3. The first kappa shape index (κ1) is 21.9. The van der Waals surface area contributed by atoms with Crippen molar-refractivity contribution in [3.8, 4) is 41.1 Å². The quantitative estimate of drug-likeness (QED) is 0.700. The zero-order valence-corrected chi connectivity index (χ0v) is 18.3. The Balaban J connectivity index is 1.74. The number of hydrogen-bond acceptors (Lipinski definition) is 8. The second-order valence-corrected chi connectivity index (χ2v) is 7.72. The Morgan fingerprint density at radius 3 is 1.75 bits per heavy atom. The zero-order valence-electron chi connectivity index (χ0n) is 18.3. The van der Waals surface area contributed by atoms with Crippen LogP contribution in [0.3, 0.4) is 0 Å². The Morgan fingerprint density at radius 1 is 0.844 bits per heavy atom. The second kappa shape index (κ2) is 8.30. The normalized spacial score (nSPS) is 26.3. The summed E-state index contributed by atoms with van der Waals surface area (Å²) in [5.74, 6) is 0.639. The van der Waals surface area contributed by atoms with Crippen molar-refractivity contribution in [3.63, 3.8) is 0 Å². The van der Waals surface area contributed by atoms with Gasteiger partial charge in [0, 0.05) is 0 Å². The molecule has 2 fully saturated rings. The van der Waals surface area contributed by atoms with E-state index in [0.717, 1.165) is 5.56 Å². The number of hydrogen-bond donors (Lipinski definition) is 2. The molecule has 0 aliphatic carbocycles. The number of nitrogens with zero attached hydrogens (tertiary/aromatic N) is 1. The molecule has 9 heteroatoms. The van der Waals surface area contributed by atoms with Crippen molar-refractivity contribution in [2.24, 2.45) is 5.92 Å². The van der Waals surface area contributed by atoms with Crippen LogP contribution in [-0.4, -0.2) is 57.4 Å². The third-order valence-electron chi connectivity index (χ3n) is 6.27. The van der Waals surface area contributed by atoms with Gasteiger partial charge in [-0.2, -0.15) is 0 Å². The number of phenols is 2. The summed E-state index contributed by atoms with van der Waals surface area (Å²) in [5, 5.41) is 20.5. The summed E-state index contributed by atoms with van der Waals surface area (Å²) in [4.78, 5) is 4.24. The number of rotatable bonds is 6. The summed E-state index contributed by atoms with van der Waals surface area (Å²) >= 11 is 0. The van der Waals surface area contributed by atoms with Gasteiger partial charge in [-0.25, -0.2) is 0 Å². The van der Waals surface area contributed by atoms with Crippen molar-refractivity contribution >= 4 is 0 Å². The van der Waals surface area contributed by atoms with Crippen molar-refractivity contribution in [2.75, 3.05) is 41.7 Å². The molecule has 0 radical (unpaired) electrons. The van der Waals surface area contributed by atoms with E-state index in [1.165, 1.54) is 28.4 Å². The summed E-state index contributed by atoms with van der Waals surface area (Å²) in [6, 6.07) is 6.76. The lowest BCUT2D eigenvalue weighted by Crippen LogP contribution is -2.35. The molecule has 4 rings (SSSR count). The fraction of sp³-hybridized carbons (Fsp3) is 0.435. The molecule has 2 N–H and O–H groups in total. The maximum absolute atomic E-state index is 10.3. The van der Waals surface area contributed by atoms with Gasteiger partial charge in [0.25, 0.3) is 6.57 Å². The van der Waals surface area contributed by atoms with Crippen LogP contribution in [0.25, 0.3) is 4.85 Å². The molecule has 2 aromatic rings. The minimum Gasteiger partial charge on any atom is -0.502 e. The molecule has 9 nitrogen and oxygen atoms in total. The van der Waals surface area contributed by atoms with Gasteiger partial charge in [0.2, 0.25) is 11.5 Å². The van der Waals surface area contributed by atoms with E-state index < -0.39 is 17.7 Å². The van der Waals surface area contributed by atoms with E-state index in [1.54, 1.807) is 24.3 Å². The van der Waals surface area contributed by atoms with E-state index in [9.17, 15) is 10.2 Å². The molecule has 2 heterocycles. The Hall–Kier alpha value is -3.35. The van der Waals surface area contributed by atoms with Crippen molar-refractivity contribution in [2.45, 2.75) is 17.7 Å². The topological polar surface area (TPSA) is 100 Å². The van der Waals surface area contributed by atoms with Gasteiger partial charge in [0.15, 0.2) is 29.1 Å². The van der Waals surface area contributed by atoms with Crippen molar-refractivity contribution in [1.82, 2.24) is 0 Å². The van der Waals surface area contributed by atoms with E-state index in [2.05, 4.69) is 4.85 Å². The summed E-state index contributed by atoms with van der Waals surface area (Å²) in [5.41, 5.74) is 0.561. The Kier molecular flexibility index (Phi) is 5.67. The highest BCUT2D eigenvalue weighted by Crippen LogP contribution is 2.57. The monoisotopic (exact) mass is 444 g/mol. The molecule has 0 aromatic heterocycles. The van der Waals surface area contributed by atoms with Gasteiger partial charge < -0.3 is 38.6 Å². The summed E-state index contributed by atoms with van der Waals surface area (Å²) in [6.45, 7) is 6.48. The Bertz CT molecular complexity index is 1010. The summed E-state index contributed by atoms with van der Waals surface area (Å²) in [6.07, 6.45) is -0.969. The van der Waals surface area contributed by atoms with E-state index in [-0.39, 0.29) is 47.0 Å². The van der Waals surface area contributed by atoms with Crippen LogP contribution < -0.4 is 18.9 Å². The van der Waals surface area contributed by atoms with E-state index in [4.69, 9.17) is 35.0 Å². The first-order valence-electron chi connectivity index (χ1n) is 9.99. The smallest absolute Gasteiger partial charge is 0.340 e. The van der Waals surface area contributed by atoms with Gasteiger partial charge in [0.1, 0.15) is 12.5 Å². The van der Waals surface area contributed by atoms with Crippen LogP contribution in [0.4, 0.5) is 0 Å². The first-order valence-corrected chi connectivity index (χ1v) is 9.99. The first-order chi connectivity index (χ1) is 15.4. The number of fused-ring (bicyclic) bond motifs is 1. The van der Waals surface area contributed by atoms with Gasteiger partial charge in [-0.1, -0.05) is 4.85 Å². The Morgan fingerprint density at radius 2 is 1.31 bits per heavy atom. The molecule has 4 atom stereocenters. The SMILES string of the molecule is C#[N+]C12COC(c3cc(OC)c(O)c(OC)c3)C1COC2c1cc(OC)c(O)c(OC)c1. The molecule has 0 amide bonds. The molecule has 2 aliphatic rings. The number of phenolic OH excluding ortho intramolecular Hbond substituents is 2. The number of methoxy groups -OCH3 is 4. The van der Waals surface area contributed by atoms with Crippen LogP contribution >= 0.6 is 0 Å². The molecule has 0 saturated carbocycles. The van der Waals surface area contributed by atoms with Crippen molar-refractivity contribution < 1.29 is 38.6 Å². The number of aromatic hydroxyl groups is 2. The maximum Gasteiger partial charge on any atom is 0.340 e.